The van der Waals surface area contributed by atoms with Gasteiger partial charge in [-0.3, -0.25) is 0 Å². The standard InChI is InChI=1S/C23H27FN4O2.HI/c1-4-25-23(27-14-21(29-3)17-9-11-19(24)12-10-17)26-13-20-15-30-22(28-20)18-7-5-16(2)6-8-18;/h5-12,15,21H,4,13-14H2,1-3H3,(H2,25,26,27);1H. The predicted octanol–water partition coefficient (Wildman–Crippen LogP) is 4.85. The van der Waals surface area contributed by atoms with E-state index in [0.29, 0.717) is 31.5 Å². The average molecular weight is 538 g/mol. The van der Waals surface area contributed by atoms with Crippen LogP contribution in [0, 0.1) is 12.7 Å². The van der Waals surface area contributed by atoms with E-state index >= 15 is 0 Å². The molecule has 0 aliphatic carbocycles. The maximum atomic E-state index is 13.2. The Morgan fingerprint density at radius 1 is 1.13 bits per heavy atom. The van der Waals surface area contributed by atoms with Crippen LogP contribution in [0.25, 0.3) is 11.5 Å². The van der Waals surface area contributed by atoms with Crippen molar-refractivity contribution >= 4 is 29.9 Å². The molecule has 0 aliphatic heterocycles. The summed E-state index contributed by atoms with van der Waals surface area (Å²) in [7, 11) is 1.63. The first-order chi connectivity index (χ1) is 14.6. The monoisotopic (exact) mass is 538 g/mol. The van der Waals surface area contributed by atoms with Gasteiger partial charge in [0.15, 0.2) is 5.96 Å². The number of hydrogen-bond donors (Lipinski definition) is 2. The fourth-order valence-electron chi connectivity index (χ4n) is 2.91. The molecule has 166 valence electrons. The number of halogens is 2. The predicted molar refractivity (Wildman–Crippen MR) is 131 cm³/mol. The van der Waals surface area contributed by atoms with Gasteiger partial charge in [-0.25, -0.2) is 14.4 Å². The third-order valence-corrected chi connectivity index (χ3v) is 4.57. The molecule has 0 bridgehead atoms. The van der Waals surface area contributed by atoms with E-state index in [4.69, 9.17) is 9.15 Å². The lowest BCUT2D eigenvalue weighted by Crippen LogP contribution is -2.39. The number of aliphatic imine (C=N–C) groups is 1. The Morgan fingerprint density at radius 2 is 1.84 bits per heavy atom. The molecule has 0 saturated carbocycles. The van der Waals surface area contributed by atoms with Crippen molar-refractivity contribution < 1.29 is 13.5 Å². The first-order valence-corrected chi connectivity index (χ1v) is 9.91. The highest BCUT2D eigenvalue weighted by molar-refractivity contribution is 14.0. The molecule has 0 radical (unpaired) electrons. The summed E-state index contributed by atoms with van der Waals surface area (Å²) >= 11 is 0. The third-order valence-electron chi connectivity index (χ3n) is 4.57. The lowest BCUT2D eigenvalue weighted by molar-refractivity contribution is 0.106. The number of benzene rings is 2. The summed E-state index contributed by atoms with van der Waals surface area (Å²) in [6, 6.07) is 14.3. The van der Waals surface area contributed by atoms with E-state index in [2.05, 4.69) is 20.6 Å². The second kappa shape index (κ2) is 12.4. The molecule has 8 heteroatoms. The first kappa shape index (κ1) is 24.8. The van der Waals surface area contributed by atoms with E-state index in [-0.39, 0.29) is 35.9 Å². The van der Waals surface area contributed by atoms with Crippen molar-refractivity contribution in [3.63, 3.8) is 0 Å². The van der Waals surface area contributed by atoms with Crippen molar-refractivity contribution in [1.29, 1.82) is 0 Å². The molecule has 1 aromatic heterocycles. The van der Waals surface area contributed by atoms with Crippen LogP contribution < -0.4 is 10.6 Å². The minimum absolute atomic E-state index is 0. The summed E-state index contributed by atoms with van der Waals surface area (Å²) in [5, 5.41) is 6.46. The summed E-state index contributed by atoms with van der Waals surface area (Å²) in [5.74, 6) is 0.949. The molecular weight excluding hydrogens is 510 g/mol. The normalized spacial score (nSPS) is 12.2. The molecule has 31 heavy (non-hydrogen) atoms. The summed E-state index contributed by atoms with van der Waals surface area (Å²) in [6.45, 7) is 5.61. The van der Waals surface area contributed by atoms with Crippen LogP contribution in [0.2, 0.25) is 0 Å². The highest BCUT2D eigenvalue weighted by Crippen LogP contribution is 2.19. The minimum Gasteiger partial charge on any atom is -0.444 e. The van der Waals surface area contributed by atoms with Crippen LogP contribution in [-0.4, -0.2) is 31.1 Å². The maximum Gasteiger partial charge on any atom is 0.226 e. The summed E-state index contributed by atoms with van der Waals surface area (Å²) in [6.07, 6.45) is 1.40. The Hall–Kier alpha value is -2.46. The van der Waals surface area contributed by atoms with E-state index in [1.54, 1.807) is 25.5 Å². The van der Waals surface area contributed by atoms with Gasteiger partial charge in [0.25, 0.3) is 0 Å². The Balaban J connectivity index is 0.00000341. The SMILES string of the molecule is CCNC(=NCc1coc(-c2ccc(C)cc2)n1)NCC(OC)c1ccc(F)cc1.I. The van der Waals surface area contributed by atoms with Gasteiger partial charge >= 0.3 is 0 Å². The summed E-state index contributed by atoms with van der Waals surface area (Å²) in [4.78, 5) is 9.10. The van der Waals surface area contributed by atoms with Gasteiger partial charge in [-0.05, 0) is 43.7 Å². The maximum absolute atomic E-state index is 13.2. The Kier molecular flexibility index (Phi) is 9.93. The highest BCUT2D eigenvalue weighted by atomic mass is 127. The van der Waals surface area contributed by atoms with Crippen LogP contribution >= 0.6 is 24.0 Å². The molecule has 1 heterocycles. The van der Waals surface area contributed by atoms with Gasteiger partial charge < -0.3 is 19.8 Å². The smallest absolute Gasteiger partial charge is 0.226 e. The number of aromatic nitrogens is 1. The van der Waals surface area contributed by atoms with Crippen molar-refractivity contribution in [2.75, 3.05) is 20.2 Å². The number of hydrogen-bond acceptors (Lipinski definition) is 4. The number of rotatable bonds is 8. The van der Waals surface area contributed by atoms with Gasteiger partial charge in [-0.2, -0.15) is 0 Å². The van der Waals surface area contributed by atoms with Gasteiger partial charge in [0, 0.05) is 25.8 Å². The molecular formula is C23H28FIN4O2. The fourth-order valence-corrected chi connectivity index (χ4v) is 2.91. The molecule has 3 rings (SSSR count). The van der Waals surface area contributed by atoms with Crippen LogP contribution in [0.3, 0.4) is 0 Å². The zero-order valence-electron chi connectivity index (χ0n) is 17.9. The molecule has 3 aromatic rings. The van der Waals surface area contributed by atoms with Crippen LogP contribution in [0.4, 0.5) is 4.39 Å². The zero-order chi connectivity index (χ0) is 21.3. The van der Waals surface area contributed by atoms with E-state index in [9.17, 15) is 4.39 Å². The molecule has 2 aromatic carbocycles. The highest BCUT2D eigenvalue weighted by Gasteiger charge is 2.12. The minimum atomic E-state index is -0.269. The van der Waals surface area contributed by atoms with E-state index < -0.39 is 0 Å². The van der Waals surface area contributed by atoms with Gasteiger partial charge in [0.05, 0.1) is 12.6 Å². The van der Waals surface area contributed by atoms with Crippen LogP contribution in [-0.2, 0) is 11.3 Å². The number of aryl methyl sites for hydroxylation is 1. The number of methoxy groups -OCH3 is 1. The number of nitrogens with zero attached hydrogens (tertiary/aromatic N) is 2. The topological polar surface area (TPSA) is 71.7 Å². The number of guanidine groups is 1. The molecule has 0 spiro atoms. The second-order valence-electron chi connectivity index (χ2n) is 6.86. The van der Waals surface area contributed by atoms with Crippen molar-refractivity contribution in [2.24, 2.45) is 4.99 Å². The summed E-state index contributed by atoms with van der Waals surface area (Å²) in [5.41, 5.74) is 3.75. The molecule has 0 saturated heterocycles. The second-order valence-corrected chi connectivity index (χ2v) is 6.86. The molecule has 1 unspecified atom stereocenters. The molecule has 1 atom stereocenters. The fraction of sp³-hybridized carbons (Fsp3) is 0.304. The largest absolute Gasteiger partial charge is 0.444 e. The van der Waals surface area contributed by atoms with E-state index in [0.717, 1.165) is 16.8 Å². The van der Waals surface area contributed by atoms with E-state index in [1.807, 2.05) is 38.1 Å². The van der Waals surface area contributed by atoms with Gasteiger partial charge in [-0.1, -0.05) is 29.8 Å². The Labute approximate surface area is 199 Å². The third kappa shape index (κ3) is 7.32. The molecule has 2 N–H and O–H groups in total. The van der Waals surface area contributed by atoms with Gasteiger partial charge in [-0.15, -0.1) is 24.0 Å². The van der Waals surface area contributed by atoms with Crippen molar-refractivity contribution in [1.82, 2.24) is 15.6 Å². The Morgan fingerprint density at radius 3 is 2.48 bits per heavy atom. The molecule has 0 amide bonds. The van der Waals surface area contributed by atoms with Crippen molar-refractivity contribution in [3.05, 3.63) is 77.4 Å². The number of oxazole rings is 1. The first-order valence-electron chi connectivity index (χ1n) is 9.91. The zero-order valence-corrected chi connectivity index (χ0v) is 20.2. The van der Waals surface area contributed by atoms with E-state index in [1.165, 1.54) is 17.7 Å². The average Bonchev–Trinajstić information content (AvgIpc) is 3.23. The van der Waals surface area contributed by atoms with Crippen LogP contribution in [0.15, 0.2) is 64.2 Å². The van der Waals surface area contributed by atoms with Crippen molar-refractivity contribution in [3.8, 4) is 11.5 Å². The van der Waals surface area contributed by atoms with Gasteiger partial charge in [0.1, 0.15) is 17.8 Å². The number of nitrogens with one attached hydrogen (secondary N) is 2. The lowest BCUT2D eigenvalue weighted by atomic mass is 10.1. The van der Waals surface area contributed by atoms with Crippen LogP contribution in [0.1, 0.15) is 29.8 Å². The van der Waals surface area contributed by atoms with Crippen LogP contribution in [0.5, 0.6) is 0 Å². The quantitative estimate of drug-likeness (QED) is 0.244. The molecule has 0 fully saturated rings. The number of ether oxygens (including phenoxy) is 1. The summed E-state index contributed by atoms with van der Waals surface area (Å²) < 4.78 is 24.3. The lowest BCUT2D eigenvalue weighted by Gasteiger charge is -2.18. The molecule has 6 nitrogen and oxygen atoms in total. The molecule has 0 aliphatic rings. The van der Waals surface area contributed by atoms with Crippen molar-refractivity contribution in [2.45, 2.75) is 26.5 Å². The Bertz CT molecular complexity index is 958. The van der Waals surface area contributed by atoms with Gasteiger partial charge in [0.2, 0.25) is 5.89 Å².